The second kappa shape index (κ2) is 5.23. The molecule has 6 N–H and O–H groups in total. The molecule has 0 bridgehead atoms. The van der Waals surface area contributed by atoms with E-state index in [-0.39, 0.29) is 11.5 Å². The minimum absolute atomic E-state index is 0.00590. The highest BCUT2D eigenvalue weighted by Crippen LogP contribution is 2.35. The van der Waals surface area contributed by atoms with Gasteiger partial charge in [0.25, 0.3) is 0 Å². The second-order valence-corrected chi connectivity index (χ2v) is 7.04. The molecule has 6 nitrogen and oxygen atoms in total. The topological polar surface area (TPSA) is 118 Å². The lowest BCUT2D eigenvalue weighted by atomic mass is 9.97. The van der Waals surface area contributed by atoms with Crippen LogP contribution in [0.25, 0.3) is 0 Å². The van der Waals surface area contributed by atoms with Crippen LogP contribution in [-0.4, -0.2) is 25.7 Å². The van der Waals surface area contributed by atoms with Crippen LogP contribution in [0.4, 0.5) is 11.4 Å². The highest BCUT2D eigenvalue weighted by molar-refractivity contribution is 7.89. The van der Waals surface area contributed by atoms with Crippen molar-refractivity contribution in [3.63, 3.8) is 0 Å². The first-order valence-electron chi connectivity index (χ1n) is 6.59. The quantitative estimate of drug-likeness (QED) is 0.617. The predicted octanol–water partition coefficient (Wildman–Crippen LogP) is 0.942. The van der Waals surface area contributed by atoms with E-state index in [1.165, 1.54) is 6.07 Å². The summed E-state index contributed by atoms with van der Waals surface area (Å²) >= 11 is 0. The number of nitrogens with one attached hydrogen (secondary N) is 1. The number of rotatable bonds is 4. The van der Waals surface area contributed by atoms with E-state index < -0.39 is 15.6 Å². The Balaban J connectivity index is 2.45. The van der Waals surface area contributed by atoms with E-state index in [9.17, 15) is 13.5 Å². The summed E-state index contributed by atoms with van der Waals surface area (Å²) in [6.07, 6.45) is 3.78. The lowest BCUT2D eigenvalue weighted by molar-refractivity contribution is 0.214. The molecule has 1 aliphatic rings. The Kier molecular flexibility index (Phi) is 3.95. The normalized spacial score (nSPS) is 18.1. The van der Waals surface area contributed by atoms with Crippen LogP contribution in [-0.2, 0) is 10.0 Å². The first-order valence-corrected chi connectivity index (χ1v) is 8.14. The lowest BCUT2D eigenvalue weighted by Gasteiger charge is -2.30. The van der Waals surface area contributed by atoms with Crippen molar-refractivity contribution < 1.29 is 13.5 Å². The van der Waals surface area contributed by atoms with Gasteiger partial charge in [0.05, 0.1) is 17.0 Å². The minimum Gasteiger partial charge on any atom is -0.399 e. The third-order valence-electron chi connectivity index (χ3n) is 3.95. The third-order valence-corrected chi connectivity index (χ3v) is 4.99. The number of sulfonamides is 1. The average molecular weight is 299 g/mol. The zero-order valence-electron chi connectivity index (χ0n) is 11.5. The molecule has 7 heteroatoms. The standard InChI is InChI=1S/C13H21N3O3S/c1-9-11(16-13(8-17)4-2-3-5-13)6-10(14)7-12(9)20(15,18)19/h6-7,16-17H,2-5,8,14H2,1H3,(H2,15,18,19). The Hall–Kier alpha value is -1.31. The molecule has 0 unspecified atom stereocenters. The van der Waals surface area contributed by atoms with E-state index in [0.29, 0.717) is 16.9 Å². The maximum Gasteiger partial charge on any atom is 0.238 e. The van der Waals surface area contributed by atoms with Gasteiger partial charge in [-0.2, -0.15) is 0 Å². The van der Waals surface area contributed by atoms with Crippen molar-refractivity contribution in [3.8, 4) is 0 Å². The molecule has 20 heavy (non-hydrogen) atoms. The number of anilines is 2. The van der Waals surface area contributed by atoms with Crippen molar-refractivity contribution >= 4 is 21.4 Å². The van der Waals surface area contributed by atoms with Crippen LogP contribution in [0.15, 0.2) is 17.0 Å². The number of hydrogen-bond donors (Lipinski definition) is 4. The van der Waals surface area contributed by atoms with Crippen LogP contribution in [0.2, 0.25) is 0 Å². The van der Waals surface area contributed by atoms with E-state index in [2.05, 4.69) is 5.32 Å². The van der Waals surface area contributed by atoms with Crippen LogP contribution in [0.3, 0.4) is 0 Å². The molecule has 0 radical (unpaired) electrons. The van der Waals surface area contributed by atoms with Crippen molar-refractivity contribution in [1.82, 2.24) is 0 Å². The van der Waals surface area contributed by atoms with Crippen LogP contribution < -0.4 is 16.2 Å². The number of nitrogen functional groups attached to an aromatic ring is 1. The molecule has 1 aromatic rings. The van der Waals surface area contributed by atoms with Crippen LogP contribution in [0, 0.1) is 6.92 Å². The molecule has 1 saturated carbocycles. The van der Waals surface area contributed by atoms with Gasteiger partial charge in [0.15, 0.2) is 0 Å². The van der Waals surface area contributed by atoms with Crippen molar-refractivity contribution in [2.24, 2.45) is 5.14 Å². The molecule has 1 aromatic carbocycles. The second-order valence-electron chi connectivity index (χ2n) is 5.51. The lowest BCUT2D eigenvalue weighted by Crippen LogP contribution is -2.39. The van der Waals surface area contributed by atoms with Crippen molar-refractivity contribution in [1.29, 1.82) is 0 Å². The molecule has 0 amide bonds. The van der Waals surface area contributed by atoms with Gasteiger partial charge in [-0.05, 0) is 37.5 Å². The van der Waals surface area contributed by atoms with Crippen LogP contribution >= 0.6 is 0 Å². The Labute approximate surface area is 119 Å². The van der Waals surface area contributed by atoms with Gasteiger partial charge in [0.2, 0.25) is 10.0 Å². The number of primary sulfonamides is 1. The predicted molar refractivity (Wildman–Crippen MR) is 78.9 cm³/mol. The van der Waals surface area contributed by atoms with Crippen molar-refractivity contribution in [3.05, 3.63) is 17.7 Å². The van der Waals surface area contributed by atoms with Gasteiger partial charge >= 0.3 is 0 Å². The summed E-state index contributed by atoms with van der Waals surface area (Å²) in [5, 5.41) is 18.1. The number of aliphatic hydroxyl groups is 1. The van der Waals surface area contributed by atoms with Gasteiger partial charge in [0, 0.05) is 11.4 Å². The fourth-order valence-electron chi connectivity index (χ4n) is 2.79. The summed E-state index contributed by atoms with van der Waals surface area (Å²) in [6, 6.07) is 3.04. The number of nitrogens with two attached hydrogens (primary N) is 2. The number of hydrogen-bond acceptors (Lipinski definition) is 5. The van der Waals surface area contributed by atoms with E-state index in [0.717, 1.165) is 25.7 Å². The van der Waals surface area contributed by atoms with Gasteiger partial charge in [-0.1, -0.05) is 12.8 Å². The van der Waals surface area contributed by atoms with Gasteiger partial charge in [0.1, 0.15) is 0 Å². The largest absolute Gasteiger partial charge is 0.399 e. The molecular formula is C13H21N3O3S. The van der Waals surface area contributed by atoms with Crippen LogP contribution in [0.5, 0.6) is 0 Å². The Morgan fingerprint density at radius 3 is 2.45 bits per heavy atom. The highest BCUT2D eigenvalue weighted by Gasteiger charge is 2.33. The van der Waals surface area contributed by atoms with Crippen molar-refractivity contribution in [2.45, 2.75) is 43.0 Å². The maximum absolute atomic E-state index is 11.6. The molecule has 0 heterocycles. The SMILES string of the molecule is Cc1c(NC2(CO)CCCC2)cc(N)cc1S(N)(=O)=O. The number of aliphatic hydroxyl groups excluding tert-OH is 1. The Bertz CT molecular complexity index is 608. The first kappa shape index (κ1) is 15.1. The summed E-state index contributed by atoms with van der Waals surface area (Å²) in [4.78, 5) is 0.0195. The van der Waals surface area contributed by atoms with E-state index in [1.54, 1.807) is 13.0 Å². The van der Waals surface area contributed by atoms with E-state index >= 15 is 0 Å². The van der Waals surface area contributed by atoms with Gasteiger partial charge in [-0.3, -0.25) is 0 Å². The smallest absolute Gasteiger partial charge is 0.238 e. The molecule has 1 aliphatic carbocycles. The zero-order valence-corrected chi connectivity index (χ0v) is 12.3. The zero-order chi connectivity index (χ0) is 15.0. The van der Waals surface area contributed by atoms with Gasteiger partial charge in [-0.15, -0.1) is 0 Å². The molecule has 0 aromatic heterocycles. The van der Waals surface area contributed by atoms with Gasteiger partial charge in [-0.25, -0.2) is 13.6 Å². The molecule has 0 saturated heterocycles. The maximum atomic E-state index is 11.6. The summed E-state index contributed by atoms with van der Waals surface area (Å²) < 4.78 is 23.2. The van der Waals surface area contributed by atoms with Crippen molar-refractivity contribution in [2.75, 3.05) is 17.7 Å². The summed E-state index contributed by atoms with van der Waals surface area (Å²) in [7, 11) is -3.82. The molecule has 0 aliphatic heterocycles. The molecule has 112 valence electrons. The fraction of sp³-hybridized carbons (Fsp3) is 0.538. The Morgan fingerprint density at radius 1 is 1.35 bits per heavy atom. The molecular weight excluding hydrogens is 278 g/mol. The van der Waals surface area contributed by atoms with Gasteiger partial charge < -0.3 is 16.2 Å². The first-order chi connectivity index (χ1) is 9.27. The van der Waals surface area contributed by atoms with E-state index in [1.807, 2.05) is 0 Å². The monoisotopic (exact) mass is 299 g/mol. The Morgan fingerprint density at radius 2 is 1.95 bits per heavy atom. The molecule has 2 rings (SSSR count). The molecule has 0 spiro atoms. The molecule has 1 fully saturated rings. The molecule has 0 atom stereocenters. The number of benzene rings is 1. The minimum atomic E-state index is -3.82. The summed E-state index contributed by atoms with van der Waals surface area (Å²) in [5.74, 6) is 0. The third kappa shape index (κ3) is 2.89. The average Bonchev–Trinajstić information content (AvgIpc) is 2.81. The van der Waals surface area contributed by atoms with Crippen LogP contribution in [0.1, 0.15) is 31.2 Å². The highest BCUT2D eigenvalue weighted by atomic mass is 32.2. The summed E-state index contributed by atoms with van der Waals surface area (Å²) in [5.41, 5.74) is 6.84. The van der Waals surface area contributed by atoms with E-state index in [4.69, 9.17) is 10.9 Å². The fourth-order valence-corrected chi connectivity index (χ4v) is 3.63. The summed E-state index contributed by atoms with van der Waals surface area (Å²) in [6.45, 7) is 1.69.